The first kappa shape index (κ1) is 14.1. The number of hydrogen-bond acceptors (Lipinski definition) is 5. The van der Waals surface area contributed by atoms with Crippen molar-refractivity contribution < 1.29 is 14.6 Å². The predicted molar refractivity (Wildman–Crippen MR) is 64.5 cm³/mol. The normalized spacial score (nSPS) is 13.7. The quantitative estimate of drug-likeness (QED) is 0.588. The second-order valence-electron chi connectivity index (χ2n) is 4.16. The smallest absolute Gasteiger partial charge is 0.269 e. The van der Waals surface area contributed by atoms with Crippen LogP contribution in [0.1, 0.15) is 12.5 Å². The lowest BCUT2D eigenvalue weighted by Crippen LogP contribution is -2.52. The summed E-state index contributed by atoms with van der Waals surface area (Å²) in [5.74, 6) is -0.489. The molecule has 0 aliphatic heterocycles. The Morgan fingerprint density at radius 2 is 2.28 bits per heavy atom. The van der Waals surface area contributed by atoms with Gasteiger partial charge in [-0.25, -0.2) is 5.48 Å². The molecule has 1 amide bonds. The van der Waals surface area contributed by atoms with E-state index in [-0.39, 0.29) is 12.1 Å². The van der Waals surface area contributed by atoms with Gasteiger partial charge < -0.3 is 5.73 Å². The first-order valence-electron chi connectivity index (χ1n) is 5.22. The highest BCUT2D eigenvalue weighted by Crippen LogP contribution is 2.17. The van der Waals surface area contributed by atoms with Gasteiger partial charge in [0.1, 0.15) is 0 Å². The fraction of sp³-hybridized carbons (Fsp3) is 0.364. The molecule has 0 spiro atoms. The van der Waals surface area contributed by atoms with Crippen LogP contribution in [0.4, 0.5) is 5.69 Å². The van der Waals surface area contributed by atoms with E-state index in [0.717, 1.165) is 0 Å². The molecule has 7 heteroatoms. The number of nitrogens with one attached hydrogen (secondary N) is 1. The number of benzene rings is 1. The van der Waals surface area contributed by atoms with E-state index in [0.29, 0.717) is 5.56 Å². The largest absolute Gasteiger partial charge is 0.317 e. The van der Waals surface area contributed by atoms with Crippen LogP contribution in [0.3, 0.4) is 0 Å². The van der Waals surface area contributed by atoms with Gasteiger partial charge in [0.2, 0.25) is 0 Å². The van der Waals surface area contributed by atoms with Crippen LogP contribution in [-0.2, 0) is 16.1 Å². The minimum Gasteiger partial charge on any atom is -0.317 e. The summed E-state index contributed by atoms with van der Waals surface area (Å²) in [5.41, 5.74) is 7.36. The van der Waals surface area contributed by atoms with Gasteiger partial charge in [-0.15, -0.1) is 0 Å². The molecule has 0 aromatic heterocycles. The van der Waals surface area contributed by atoms with Crippen molar-refractivity contribution in [2.75, 3.05) is 7.11 Å². The first-order valence-corrected chi connectivity index (χ1v) is 5.22. The molecule has 0 aliphatic rings. The fourth-order valence-corrected chi connectivity index (χ4v) is 1.49. The Bertz CT molecular complexity index is 459. The Kier molecular flexibility index (Phi) is 4.35. The lowest BCUT2D eigenvalue weighted by atomic mass is 9.93. The third-order valence-corrected chi connectivity index (χ3v) is 2.41. The second-order valence-corrected chi connectivity index (χ2v) is 4.16. The van der Waals surface area contributed by atoms with Crippen LogP contribution in [-0.4, -0.2) is 23.5 Å². The summed E-state index contributed by atoms with van der Waals surface area (Å²) in [4.78, 5) is 26.2. The minimum atomic E-state index is -1.20. The second kappa shape index (κ2) is 5.56. The van der Waals surface area contributed by atoms with Gasteiger partial charge in [0, 0.05) is 12.1 Å². The molecule has 1 atom stereocenters. The molecule has 0 saturated heterocycles. The Morgan fingerprint density at radius 1 is 1.61 bits per heavy atom. The van der Waals surface area contributed by atoms with E-state index in [1.54, 1.807) is 12.1 Å². The summed E-state index contributed by atoms with van der Waals surface area (Å²) in [6, 6.07) is 6.01. The molecule has 98 valence electrons. The number of nitrogens with two attached hydrogens (primary N) is 1. The molecule has 0 saturated carbocycles. The highest BCUT2D eigenvalue weighted by molar-refractivity contribution is 5.85. The van der Waals surface area contributed by atoms with E-state index in [4.69, 9.17) is 5.73 Å². The van der Waals surface area contributed by atoms with Crippen LogP contribution in [0.2, 0.25) is 0 Å². The Hall–Kier alpha value is -1.99. The van der Waals surface area contributed by atoms with Gasteiger partial charge in [0.25, 0.3) is 11.6 Å². The molecule has 0 radical (unpaired) electrons. The molecule has 0 unspecified atom stereocenters. The van der Waals surface area contributed by atoms with E-state index < -0.39 is 16.4 Å². The van der Waals surface area contributed by atoms with Crippen LogP contribution >= 0.6 is 0 Å². The summed E-state index contributed by atoms with van der Waals surface area (Å²) >= 11 is 0. The highest BCUT2D eigenvalue weighted by atomic mass is 16.6. The topological polar surface area (TPSA) is 107 Å². The van der Waals surface area contributed by atoms with Crippen LogP contribution in [0.15, 0.2) is 24.3 Å². The maximum Gasteiger partial charge on any atom is 0.269 e. The standard InChI is InChI=1S/C11H15N3O4/c1-11(12,10(15)13-18-2)7-8-4-3-5-9(6-8)14(16)17/h3-6H,7,12H2,1-2H3,(H,13,15)/t11-/m0/s1. The van der Waals surface area contributed by atoms with E-state index in [9.17, 15) is 14.9 Å². The molecule has 7 nitrogen and oxygen atoms in total. The van der Waals surface area contributed by atoms with E-state index in [1.165, 1.54) is 26.2 Å². The highest BCUT2D eigenvalue weighted by Gasteiger charge is 2.29. The number of nitro benzene ring substituents is 1. The van der Waals surface area contributed by atoms with Gasteiger partial charge in [-0.3, -0.25) is 19.7 Å². The number of hydroxylamine groups is 1. The molecule has 3 N–H and O–H groups in total. The molecular formula is C11H15N3O4. The van der Waals surface area contributed by atoms with Gasteiger partial charge in [-0.1, -0.05) is 12.1 Å². The average Bonchev–Trinajstić information content (AvgIpc) is 2.29. The molecule has 18 heavy (non-hydrogen) atoms. The number of nitrogens with zero attached hydrogens (tertiary/aromatic N) is 1. The van der Waals surface area contributed by atoms with E-state index in [2.05, 4.69) is 10.3 Å². The zero-order valence-corrected chi connectivity index (χ0v) is 10.2. The van der Waals surface area contributed by atoms with Gasteiger partial charge in [0.05, 0.1) is 17.6 Å². The molecule has 0 aliphatic carbocycles. The van der Waals surface area contributed by atoms with Gasteiger partial charge in [-0.05, 0) is 18.9 Å². The monoisotopic (exact) mass is 253 g/mol. The van der Waals surface area contributed by atoms with Crippen LogP contribution in [0.5, 0.6) is 0 Å². The Labute approximate surface area is 104 Å². The third kappa shape index (κ3) is 3.51. The number of carbonyl (C=O) groups is 1. The summed E-state index contributed by atoms with van der Waals surface area (Å²) < 4.78 is 0. The fourth-order valence-electron chi connectivity index (χ4n) is 1.49. The maximum absolute atomic E-state index is 11.6. The van der Waals surface area contributed by atoms with Gasteiger partial charge in [-0.2, -0.15) is 0 Å². The molecular weight excluding hydrogens is 238 g/mol. The van der Waals surface area contributed by atoms with Crippen molar-refractivity contribution in [3.8, 4) is 0 Å². The zero-order chi connectivity index (χ0) is 13.8. The van der Waals surface area contributed by atoms with Gasteiger partial charge in [0.15, 0.2) is 0 Å². The molecule has 0 heterocycles. The van der Waals surface area contributed by atoms with Crippen molar-refractivity contribution >= 4 is 11.6 Å². The SMILES string of the molecule is CONC(=O)[C@@](C)(N)Cc1cccc([N+](=O)[O-])c1. The Morgan fingerprint density at radius 3 is 2.83 bits per heavy atom. The van der Waals surface area contributed by atoms with Crippen molar-refractivity contribution in [3.05, 3.63) is 39.9 Å². The average molecular weight is 253 g/mol. The van der Waals surface area contributed by atoms with E-state index >= 15 is 0 Å². The van der Waals surface area contributed by atoms with Crippen molar-refractivity contribution in [3.63, 3.8) is 0 Å². The lowest BCUT2D eigenvalue weighted by Gasteiger charge is -2.22. The van der Waals surface area contributed by atoms with E-state index in [1.807, 2.05) is 0 Å². The van der Waals surface area contributed by atoms with Crippen LogP contribution in [0, 0.1) is 10.1 Å². The molecule has 1 rings (SSSR count). The molecule has 1 aromatic carbocycles. The van der Waals surface area contributed by atoms with Crippen LogP contribution < -0.4 is 11.2 Å². The Balaban J connectivity index is 2.86. The molecule has 0 fully saturated rings. The maximum atomic E-state index is 11.6. The van der Waals surface area contributed by atoms with Crippen molar-refractivity contribution in [1.82, 2.24) is 5.48 Å². The number of amides is 1. The lowest BCUT2D eigenvalue weighted by molar-refractivity contribution is -0.384. The minimum absolute atomic E-state index is 0.0320. The number of non-ortho nitro benzene ring substituents is 1. The molecule has 1 aromatic rings. The predicted octanol–water partition coefficient (Wildman–Crippen LogP) is 0.532. The molecule has 0 bridgehead atoms. The van der Waals surface area contributed by atoms with Crippen LogP contribution in [0.25, 0.3) is 0 Å². The third-order valence-electron chi connectivity index (χ3n) is 2.41. The van der Waals surface area contributed by atoms with Crippen molar-refractivity contribution in [2.45, 2.75) is 18.9 Å². The summed E-state index contributed by atoms with van der Waals surface area (Å²) in [5, 5.41) is 10.6. The number of carbonyl (C=O) groups excluding carboxylic acids is 1. The summed E-state index contributed by atoms with van der Waals surface area (Å²) in [6.07, 6.45) is 0.171. The summed E-state index contributed by atoms with van der Waals surface area (Å²) in [6.45, 7) is 1.53. The summed E-state index contributed by atoms with van der Waals surface area (Å²) in [7, 11) is 1.31. The van der Waals surface area contributed by atoms with Crippen molar-refractivity contribution in [2.24, 2.45) is 5.73 Å². The number of nitro groups is 1. The number of rotatable bonds is 5. The first-order chi connectivity index (χ1) is 8.36. The number of hydrogen-bond donors (Lipinski definition) is 2. The van der Waals surface area contributed by atoms with Crippen molar-refractivity contribution in [1.29, 1.82) is 0 Å². The zero-order valence-electron chi connectivity index (χ0n) is 10.2. The van der Waals surface area contributed by atoms with Gasteiger partial charge >= 0.3 is 0 Å².